The maximum Gasteiger partial charge on any atom is 0.126 e. The Hall–Kier alpha value is -1.30. The monoisotopic (exact) mass is 296 g/mol. The van der Waals surface area contributed by atoms with Crippen LogP contribution in [0.1, 0.15) is 23.4 Å². The molecule has 0 aliphatic heterocycles. The molecule has 2 aromatic rings. The molecule has 1 unspecified atom stereocenters. The molecule has 2 rings (SSSR count). The van der Waals surface area contributed by atoms with Gasteiger partial charge < -0.3 is 5.73 Å². The summed E-state index contributed by atoms with van der Waals surface area (Å²) in [4.78, 5) is 3.34. The van der Waals surface area contributed by atoms with Crippen molar-refractivity contribution in [1.29, 1.82) is 0 Å². The quantitative estimate of drug-likeness (QED) is 0.883. The van der Waals surface area contributed by atoms with E-state index in [1.165, 1.54) is 17.0 Å². The lowest BCUT2D eigenvalue weighted by Gasteiger charge is -2.29. The molecule has 2 N–H and O–H groups in total. The van der Waals surface area contributed by atoms with Gasteiger partial charge in [-0.2, -0.15) is 0 Å². The molecule has 1 atom stereocenters. The van der Waals surface area contributed by atoms with E-state index in [1.807, 2.05) is 24.4 Å². The van der Waals surface area contributed by atoms with E-state index in [1.54, 1.807) is 11.3 Å². The van der Waals surface area contributed by atoms with Crippen molar-refractivity contribution >= 4 is 11.3 Å². The topological polar surface area (TPSA) is 29.3 Å². The molecule has 0 aliphatic rings. The van der Waals surface area contributed by atoms with Crippen LogP contribution >= 0.6 is 11.3 Å². The summed E-state index contributed by atoms with van der Waals surface area (Å²) in [5.74, 6) is -1.13. The van der Waals surface area contributed by atoms with Crippen LogP contribution < -0.4 is 5.73 Å². The minimum atomic E-state index is -0.564. The lowest BCUT2D eigenvalue weighted by Crippen LogP contribution is -2.33. The molecule has 0 fully saturated rings. The van der Waals surface area contributed by atoms with Crippen LogP contribution in [-0.4, -0.2) is 18.0 Å². The molecule has 0 aliphatic carbocycles. The van der Waals surface area contributed by atoms with Crippen molar-refractivity contribution in [2.45, 2.75) is 19.5 Å². The van der Waals surface area contributed by atoms with Gasteiger partial charge >= 0.3 is 0 Å². The van der Waals surface area contributed by atoms with Crippen molar-refractivity contribution in [1.82, 2.24) is 4.90 Å². The van der Waals surface area contributed by atoms with Crippen LogP contribution in [0.3, 0.4) is 0 Å². The predicted octanol–water partition coefficient (Wildman–Crippen LogP) is 3.55. The van der Waals surface area contributed by atoms with Gasteiger partial charge in [-0.1, -0.05) is 13.0 Å². The maximum absolute atomic E-state index is 13.4. The normalized spacial score (nSPS) is 12.8. The standard InChI is InChI=1S/C15H18F2N2S/c1-2-19(10-14-4-3-5-20-14)15(9-18)11-6-12(16)8-13(17)7-11/h3-8,15H,2,9-10,18H2,1H3. The van der Waals surface area contributed by atoms with Crippen LogP contribution in [0.5, 0.6) is 0 Å². The van der Waals surface area contributed by atoms with Crippen molar-refractivity contribution in [2.24, 2.45) is 5.73 Å². The number of nitrogens with zero attached hydrogens (tertiary/aromatic N) is 1. The van der Waals surface area contributed by atoms with E-state index >= 15 is 0 Å². The summed E-state index contributed by atoms with van der Waals surface area (Å²) in [6.07, 6.45) is 0. The number of halogens is 2. The first-order valence-electron chi connectivity index (χ1n) is 6.56. The van der Waals surface area contributed by atoms with Crippen molar-refractivity contribution in [3.05, 3.63) is 57.8 Å². The molecule has 1 heterocycles. The Morgan fingerprint density at radius 2 is 1.95 bits per heavy atom. The number of likely N-dealkylation sites (N-methyl/N-ethyl adjacent to an activating group) is 1. The lowest BCUT2D eigenvalue weighted by atomic mass is 10.0. The summed E-state index contributed by atoms with van der Waals surface area (Å²) in [5, 5.41) is 2.02. The molecule has 2 nitrogen and oxygen atoms in total. The third-order valence-electron chi connectivity index (χ3n) is 3.28. The minimum absolute atomic E-state index is 0.188. The second kappa shape index (κ2) is 6.92. The second-order valence-electron chi connectivity index (χ2n) is 4.60. The smallest absolute Gasteiger partial charge is 0.126 e. The fraction of sp³-hybridized carbons (Fsp3) is 0.333. The molecule has 0 radical (unpaired) electrons. The van der Waals surface area contributed by atoms with E-state index < -0.39 is 11.6 Å². The van der Waals surface area contributed by atoms with Crippen LogP contribution in [0.15, 0.2) is 35.7 Å². The Morgan fingerprint density at radius 1 is 1.25 bits per heavy atom. The Bertz CT molecular complexity index is 523. The summed E-state index contributed by atoms with van der Waals surface area (Å²) in [6.45, 7) is 3.83. The Labute approximate surface area is 121 Å². The number of thiophene rings is 1. The fourth-order valence-corrected chi connectivity index (χ4v) is 3.04. The van der Waals surface area contributed by atoms with Gasteiger partial charge in [0, 0.05) is 30.1 Å². The van der Waals surface area contributed by atoms with Crippen molar-refractivity contribution in [2.75, 3.05) is 13.1 Å². The first-order chi connectivity index (χ1) is 9.63. The Morgan fingerprint density at radius 3 is 2.45 bits per heavy atom. The summed E-state index contributed by atoms with van der Waals surface area (Å²) in [7, 11) is 0. The van der Waals surface area contributed by atoms with Crippen LogP contribution in [0, 0.1) is 11.6 Å². The van der Waals surface area contributed by atoms with E-state index in [0.717, 1.165) is 19.2 Å². The number of benzene rings is 1. The highest BCUT2D eigenvalue weighted by molar-refractivity contribution is 7.09. The molecule has 108 valence electrons. The second-order valence-corrected chi connectivity index (χ2v) is 5.63. The third-order valence-corrected chi connectivity index (χ3v) is 4.14. The predicted molar refractivity (Wildman–Crippen MR) is 78.6 cm³/mol. The number of hydrogen-bond donors (Lipinski definition) is 1. The van der Waals surface area contributed by atoms with Crippen LogP contribution in [-0.2, 0) is 6.54 Å². The van der Waals surface area contributed by atoms with Gasteiger partial charge in [0.25, 0.3) is 0 Å². The average molecular weight is 296 g/mol. The van der Waals surface area contributed by atoms with E-state index in [-0.39, 0.29) is 6.04 Å². The molecule has 0 spiro atoms. The van der Waals surface area contributed by atoms with Gasteiger partial charge in [0.05, 0.1) is 0 Å². The Kier molecular flexibility index (Phi) is 5.23. The van der Waals surface area contributed by atoms with Gasteiger partial charge in [0.2, 0.25) is 0 Å². The van der Waals surface area contributed by atoms with Gasteiger partial charge in [-0.3, -0.25) is 4.90 Å². The Balaban J connectivity index is 2.24. The van der Waals surface area contributed by atoms with Crippen molar-refractivity contribution in [3.63, 3.8) is 0 Å². The zero-order chi connectivity index (χ0) is 14.5. The molecule has 0 saturated heterocycles. The largest absolute Gasteiger partial charge is 0.329 e. The van der Waals surface area contributed by atoms with E-state index in [9.17, 15) is 8.78 Å². The molecule has 1 aromatic heterocycles. The van der Waals surface area contributed by atoms with Crippen LogP contribution in [0.2, 0.25) is 0 Å². The summed E-state index contributed by atoms with van der Waals surface area (Å²) in [5.41, 5.74) is 6.41. The molecule has 0 amide bonds. The van der Waals surface area contributed by atoms with E-state index in [4.69, 9.17) is 5.73 Å². The highest BCUT2D eigenvalue weighted by Crippen LogP contribution is 2.24. The SMILES string of the molecule is CCN(Cc1cccs1)C(CN)c1cc(F)cc(F)c1. The summed E-state index contributed by atoms with van der Waals surface area (Å²) < 4.78 is 26.7. The van der Waals surface area contributed by atoms with E-state index in [2.05, 4.69) is 4.90 Å². The van der Waals surface area contributed by atoms with Crippen molar-refractivity contribution < 1.29 is 8.78 Å². The average Bonchev–Trinajstić information content (AvgIpc) is 2.90. The van der Waals surface area contributed by atoms with E-state index in [0.29, 0.717) is 12.1 Å². The van der Waals surface area contributed by atoms with Gasteiger partial charge in [0.1, 0.15) is 11.6 Å². The highest BCUT2D eigenvalue weighted by Gasteiger charge is 2.19. The van der Waals surface area contributed by atoms with Crippen molar-refractivity contribution in [3.8, 4) is 0 Å². The van der Waals surface area contributed by atoms with Gasteiger partial charge in [-0.15, -0.1) is 11.3 Å². The van der Waals surface area contributed by atoms with Crippen LogP contribution in [0.25, 0.3) is 0 Å². The molecule has 5 heteroatoms. The first kappa shape index (κ1) is 15.1. The molecule has 0 saturated carbocycles. The molecular weight excluding hydrogens is 278 g/mol. The lowest BCUT2D eigenvalue weighted by molar-refractivity contribution is 0.204. The minimum Gasteiger partial charge on any atom is -0.329 e. The highest BCUT2D eigenvalue weighted by atomic mass is 32.1. The summed E-state index contributed by atoms with van der Waals surface area (Å²) in [6, 6.07) is 7.45. The molecular formula is C15H18F2N2S. The molecule has 1 aromatic carbocycles. The van der Waals surface area contributed by atoms with Crippen LogP contribution in [0.4, 0.5) is 8.78 Å². The molecule has 20 heavy (non-hydrogen) atoms. The zero-order valence-electron chi connectivity index (χ0n) is 11.4. The number of nitrogens with two attached hydrogens (primary N) is 1. The summed E-state index contributed by atoms with van der Waals surface area (Å²) >= 11 is 1.67. The zero-order valence-corrected chi connectivity index (χ0v) is 12.2. The number of rotatable bonds is 6. The fourth-order valence-electron chi connectivity index (χ4n) is 2.31. The number of hydrogen-bond acceptors (Lipinski definition) is 3. The first-order valence-corrected chi connectivity index (χ1v) is 7.44. The molecule has 0 bridgehead atoms. The van der Waals surface area contributed by atoms with Gasteiger partial charge in [-0.25, -0.2) is 8.78 Å². The maximum atomic E-state index is 13.4. The van der Waals surface area contributed by atoms with Gasteiger partial charge in [0.15, 0.2) is 0 Å². The van der Waals surface area contributed by atoms with Gasteiger partial charge in [-0.05, 0) is 35.7 Å². The third kappa shape index (κ3) is 3.62.